The van der Waals surface area contributed by atoms with Crippen LogP contribution in [0.4, 0.5) is 4.79 Å². The summed E-state index contributed by atoms with van der Waals surface area (Å²) in [6.45, 7) is 0.235. The molecule has 2 aliphatic rings. The molecule has 1 aromatic carbocycles. The van der Waals surface area contributed by atoms with E-state index >= 15 is 0 Å². The Morgan fingerprint density at radius 2 is 2.08 bits per heavy atom. The number of benzene rings is 1. The summed E-state index contributed by atoms with van der Waals surface area (Å²) in [4.78, 5) is 15.4. The van der Waals surface area contributed by atoms with Gasteiger partial charge in [-0.05, 0) is 32.0 Å². The topological polar surface area (TPSA) is 90.7 Å². The van der Waals surface area contributed by atoms with Gasteiger partial charge >= 0.3 is 6.09 Å². The van der Waals surface area contributed by atoms with Crippen molar-refractivity contribution in [2.45, 2.75) is 41.2 Å². The van der Waals surface area contributed by atoms with Gasteiger partial charge in [0.15, 0.2) is 16.1 Å². The fraction of sp³-hybridized carbons (Fsp3) is 0.529. The molecular formula is C17H20ClN3O4S. The van der Waals surface area contributed by atoms with Crippen LogP contribution in [0.15, 0.2) is 29.2 Å². The van der Waals surface area contributed by atoms with Gasteiger partial charge in [-0.3, -0.25) is 9.80 Å². The van der Waals surface area contributed by atoms with Gasteiger partial charge in [-0.2, -0.15) is 5.26 Å². The lowest BCUT2D eigenvalue weighted by molar-refractivity contribution is 0.00481. The van der Waals surface area contributed by atoms with Gasteiger partial charge in [0.2, 0.25) is 0 Å². The minimum Gasteiger partial charge on any atom is -0.430 e. The maximum absolute atomic E-state index is 12.9. The lowest BCUT2D eigenvalue weighted by Gasteiger charge is -2.26. The van der Waals surface area contributed by atoms with E-state index in [4.69, 9.17) is 16.3 Å². The van der Waals surface area contributed by atoms with Gasteiger partial charge in [0.25, 0.3) is 0 Å². The minimum absolute atomic E-state index is 0.0885. The Morgan fingerprint density at radius 1 is 1.42 bits per heavy atom. The first-order chi connectivity index (χ1) is 12.2. The number of halogens is 1. The molecule has 0 N–H and O–H groups in total. The number of sulfone groups is 1. The number of nitriles is 1. The van der Waals surface area contributed by atoms with E-state index in [0.717, 1.165) is 0 Å². The summed E-state index contributed by atoms with van der Waals surface area (Å²) in [5.41, 5.74) is -0.780. The number of rotatable bonds is 4. The van der Waals surface area contributed by atoms with Crippen molar-refractivity contribution < 1.29 is 17.9 Å². The predicted octanol–water partition coefficient (Wildman–Crippen LogP) is 2.27. The smallest absolute Gasteiger partial charge is 0.412 e. The fourth-order valence-corrected chi connectivity index (χ4v) is 5.42. The molecule has 0 aromatic heterocycles. The molecule has 0 spiro atoms. The van der Waals surface area contributed by atoms with Crippen LogP contribution in [0, 0.1) is 11.3 Å². The Morgan fingerprint density at radius 3 is 2.65 bits per heavy atom. The second-order valence-electron chi connectivity index (χ2n) is 6.81. The normalized spacial score (nSPS) is 24.7. The van der Waals surface area contributed by atoms with Gasteiger partial charge < -0.3 is 4.74 Å². The van der Waals surface area contributed by atoms with Gasteiger partial charge in [0.05, 0.1) is 21.2 Å². The number of carbonyl (C=O) groups is 1. The van der Waals surface area contributed by atoms with Gasteiger partial charge in [-0.1, -0.05) is 23.7 Å². The van der Waals surface area contributed by atoms with Crippen LogP contribution in [0.3, 0.4) is 0 Å². The van der Waals surface area contributed by atoms with E-state index in [1.165, 1.54) is 24.1 Å². The van der Waals surface area contributed by atoms with E-state index in [9.17, 15) is 18.5 Å². The molecule has 26 heavy (non-hydrogen) atoms. The first-order valence-electron chi connectivity index (χ1n) is 8.25. The number of hydrogen-bond acceptors (Lipinski definition) is 6. The first-order valence-corrected chi connectivity index (χ1v) is 10.2. The van der Waals surface area contributed by atoms with E-state index in [1.54, 1.807) is 24.1 Å². The van der Waals surface area contributed by atoms with Crippen LogP contribution in [0.5, 0.6) is 0 Å². The SMILES string of the molecule is CN1C[C@H](S(=O)(=O)c2ccccc2Cl)C[C@@H]1OC(=O)N(C)C1(C#N)CC1. The van der Waals surface area contributed by atoms with Crippen molar-refractivity contribution in [3.8, 4) is 6.07 Å². The molecule has 140 valence electrons. The number of amides is 1. The molecule has 7 nitrogen and oxygen atoms in total. The number of likely N-dealkylation sites (tertiary alicyclic amines) is 1. The van der Waals surface area contributed by atoms with Gasteiger partial charge in [-0.15, -0.1) is 0 Å². The molecule has 0 unspecified atom stereocenters. The van der Waals surface area contributed by atoms with Crippen molar-refractivity contribution in [1.82, 2.24) is 9.80 Å². The highest BCUT2D eigenvalue weighted by molar-refractivity contribution is 7.92. The highest BCUT2D eigenvalue weighted by atomic mass is 35.5. The molecule has 1 heterocycles. The van der Waals surface area contributed by atoms with Crippen LogP contribution < -0.4 is 0 Å². The van der Waals surface area contributed by atoms with E-state index in [2.05, 4.69) is 6.07 Å². The molecule has 1 aliphatic heterocycles. The number of nitrogens with zero attached hydrogens (tertiary/aromatic N) is 3. The van der Waals surface area contributed by atoms with Crippen LogP contribution in [0.25, 0.3) is 0 Å². The maximum atomic E-state index is 12.9. The molecule has 1 aromatic rings. The highest BCUT2D eigenvalue weighted by Crippen LogP contribution is 2.40. The second-order valence-corrected chi connectivity index (χ2v) is 9.42. The summed E-state index contributed by atoms with van der Waals surface area (Å²) in [6, 6.07) is 8.45. The Labute approximate surface area is 158 Å². The summed E-state index contributed by atoms with van der Waals surface area (Å²) in [7, 11) is -0.404. The number of ether oxygens (including phenoxy) is 1. The van der Waals surface area contributed by atoms with Crippen LogP contribution in [0.1, 0.15) is 19.3 Å². The molecule has 3 rings (SSSR count). The van der Waals surface area contributed by atoms with Crippen LogP contribution >= 0.6 is 11.6 Å². The summed E-state index contributed by atoms with van der Waals surface area (Å²) in [5, 5.41) is 8.65. The second kappa shape index (κ2) is 6.72. The van der Waals surface area contributed by atoms with Gasteiger partial charge in [0, 0.05) is 20.0 Å². The van der Waals surface area contributed by atoms with Gasteiger partial charge in [-0.25, -0.2) is 13.2 Å². The molecular weight excluding hydrogens is 378 g/mol. The average molecular weight is 398 g/mol. The lowest BCUT2D eigenvalue weighted by atomic mass is 10.3. The third-order valence-electron chi connectivity index (χ3n) is 5.11. The van der Waals surface area contributed by atoms with E-state index < -0.39 is 32.9 Å². The summed E-state index contributed by atoms with van der Waals surface area (Å²) >= 11 is 6.04. The summed E-state index contributed by atoms with van der Waals surface area (Å²) in [5.74, 6) is 0. The fourth-order valence-electron chi connectivity index (χ4n) is 3.15. The largest absolute Gasteiger partial charge is 0.430 e. The Bertz CT molecular complexity index is 863. The highest BCUT2D eigenvalue weighted by Gasteiger charge is 2.51. The van der Waals surface area contributed by atoms with Crippen LogP contribution in [0.2, 0.25) is 5.02 Å². The summed E-state index contributed by atoms with van der Waals surface area (Å²) < 4.78 is 31.2. The summed E-state index contributed by atoms with van der Waals surface area (Å²) in [6.07, 6.45) is 0.125. The molecule has 1 amide bonds. The molecule has 9 heteroatoms. The van der Waals surface area contributed by atoms with Crippen LogP contribution in [-0.2, 0) is 14.6 Å². The Hall–Kier alpha value is -1.82. The lowest BCUT2D eigenvalue weighted by Crippen LogP contribution is -2.42. The zero-order valence-corrected chi connectivity index (χ0v) is 16.1. The molecule has 2 atom stereocenters. The Balaban J connectivity index is 1.71. The monoisotopic (exact) mass is 397 g/mol. The maximum Gasteiger partial charge on any atom is 0.412 e. The molecule has 1 saturated heterocycles. The van der Waals surface area contributed by atoms with Crippen molar-refractivity contribution in [2.24, 2.45) is 0 Å². The molecule has 0 bridgehead atoms. The third-order valence-corrected chi connectivity index (χ3v) is 7.74. The van der Waals surface area contributed by atoms with Crippen molar-refractivity contribution in [3.05, 3.63) is 29.3 Å². The first kappa shape index (κ1) is 19.0. The average Bonchev–Trinajstić information content (AvgIpc) is 3.32. The molecule has 2 fully saturated rings. The zero-order chi connectivity index (χ0) is 19.1. The third kappa shape index (κ3) is 3.27. The number of hydrogen-bond donors (Lipinski definition) is 0. The minimum atomic E-state index is -3.64. The quantitative estimate of drug-likeness (QED) is 0.774. The van der Waals surface area contributed by atoms with Crippen molar-refractivity contribution >= 4 is 27.5 Å². The molecule has 1 aliphatic carbocycles. The van der Waals surface area contributed by atoms with E-state index in [0.29, 0.717) is 12.8 Å². The van der Waals surface area contributed by atoms with Gasteiger partial charge in [0.1, 0.15) is 5.54 Å². The standard InChI is InChI=1S/C17H20ClN3O4S/c1-20-10-12(26(23,24)14-6-4-3-5-13(14)18)9-15(20)25-16(22)21(2)17(11-19)7-8-17/h3-6,12,15H,7-10H2,1-2H3/t12-,15+/m1/s1. The zero-order valence-electron chi connectivity index (χ0n) is 14.6. The van der Waals surface area contributed by atoms with Crippen molar-refractivity contribution in [1.29, 1.82) is 5.26 Å². The van der Waals surface area contributed by atoms with Crippen LogP contribution in [-0.4, -0.2) is 62.0 Å². The van der Waals surface area contributed by atoms with E-state index in [1.807, 2.05) is 0 Å². The molecule has 0 radical (unpaired) electrons. The van der Waals surface area contributed by atoms with E-state index in [-0.39, 0.29) is 22.9 Å². The molecule has 1 saturated carbocycles. The predicted molar refractivity (Wildman–Crippen MR) is 95.3 cm³/mol. The Kier molecular flexibility index (Phi) is 4.90. The van der Waals surface area contributed by atoms with Crippen molar-refractivity contribution in [2.75, 3.05) is 20.6 Å². The van der Waals surface area contributed by atoms with Crippen molar-refractivity contribution in [3.63, 3.8) is 0 Å². The number of carbonyl (C=O) groups excluding carboxylic acids is 1.